The first-order chi connectivity index (χ1) is 9.10. The molecule has 0 spiro atoms. The first-order valence-corrected chi connectivity index (χ1v) is 6.14. The van der Waals surface area contributed by atoms with E-state index in [4.69, 9.17) is 5.73 Å². The summed E-state index contributed by atoms with van der Waals surface area (Å²) in [6.07, 6.45) is -7.25. The van der Waals surface area contributed by atoms with Crippen LogP contribution < -0.4 is 5.73 Å². The lowest BCUT2D eigenvalue weighted by Gasteiger charge is -2.33. The van der Waals surface area contributed by atoms with Crippen molar-refractivity contribution in [1.29, 1.82) is 0 Å². The zero-order chi connectivity index (χ0) is 15.1. The van der Waals surface area contributed by atoms with Gasteiger partial charge in [-0.3, -0.25) is 0 Å². The van der Waals surface area contributed by atoms with Gasteiger partial charge in [-0.15, -0.1) is 0 Å². The molecular formula is C13H13F6N. The summed E-state index contributed by atoms with van der Waals surface area (Å²) < 4.78 is 76.6. The molecule has 0 amide bonds. The molecule has 20 heavy (non-hydrogen) atoms. The second-order valence-corrected chi connectivity index (χ2v) is 5.01. The molecule has 0 aromatic heterocycles. The number of halogens is 6. The standard InChI is InChI=1S/C13H13F6N/c14-12(15,16)8-4-5-10(13(17,18)19)9(6-8)11(20)7-2-1-3-7/h4-7,11H,1-3,20H2/t11-/m0/s1. The van der Waals surface area contributed by atoms with E-state index < -0.39 is 35.1 Å². The first kappa shape index (κ1) is 15.2. The van der Waals surface area contributed by atoms with Crippen LogP contribution in [0.3, 0.4) is 0 Å². The van der Waals surface area contributed by atoms with Crippen molar-refractivity contribution in [1.82, 2.24) is 0 Å². The Hall–Kier alpha value is -1.24. The smallest absolute Gasteiger partial charge is 0.324 e. The molecule has 1 fully saturated rings. The molecule has 0 heterocycles. The predicted octanol–water partition coefficient (Wildman–Crippen LogP) is 4.52. The van der Waals surface area contributed by atoms with Gasteiger partial charge in [0.2, 0.25) is 0 Å². The highest BCUT2D eigenvalue weighted by Gasteiger charge is 2.39. The molecule has 7 heteroatoms. The summed E-state index contributed by atoms with van der Waals surface area (Å²) in [6.45, 7) is 0. The van der Waals surface area contributed by atoms with E-state index >= 15 is 0 Å². The van der Waals surface area contributed by atoms with E-state index in [-0.39, 0.29) is 5.92 Å². The van der Waals surface area contributed by atoms with Crippen LogP contribution in [0.1, 0.15) is 42.0 Å². The summed E-state index contributed by atoms with van der Waals surface area (Å²) >= 11 is 0. The number of rotatable bonds is 2. The van der Waals surface area contributed by atoms with Crippen LogP contribution in [-0.4, -0.2) is 0 Å². The molecule has 0 radical (unpaired) electrons. The summed E-state index contributed by atoms with van der Waals surface area (Å²) in [6, 6.07) is 0.435. The van der Waals surface area contributed by atoms with Gasteiger partial charge >= 0.3 is 12.4 Å². The average Bonchev–Trinajstić information content (AvgIpc) is 2.23. The molecule has 0 saturated heterocycles. The van der Waals surface area contributed by atoms with Gasteiger partial charge in [-0.25, -0.2) is 0 Å². The Balaban J connectivity index is 2.47. The lowest BCUT2D eigenvalue weighted by Crippen LogP contribution is -2.29. The molecule has 1 atom stereocenters. The Morgan fingerprint density at radius 3 is 2.00 bits per heavy atom. The number of hydrogen-bond acceptors (Lipinski definition) is 1. The van der Waals surface area contributed by atoms with Crippen LogP contribution in [0.2, 0.25) is 0 Å². The fourth-order valence-corrected chi connectivity index (χ4v) is 2.33. The summed E-state index contributed by atoms with van der Waals surface area (Å²) in [7, 11) is 0. The molecule has 1 saturated carbocycles. The summed E-state index contributed by atoms with van der Waals surface area (Å²) in [4.78, 5) is 0. The van der Waals surface area contributed by atoms with Gasteiger partial charge in [0.25, 0.3) is 0 Å². The van der Waals surface area contributed by atoms with Crippen LogP contribution >= 0.6 is 0 Å². The Bertz CT molecular complexity index is 487. The number of alkyl halides is 6. The highest BCUT2D eigenvalue weighted by Crippen LogP contribution is 2.43. The maximum Gasteiger partial charge on any atom is 0.416 e. The molecule has 1 aromatic carbocycles. The minimum atomic E-state index is -4.71. The Morgan fingerprint density at radius 1 is 1.00 bits per heavy atom. The molecule has 1 aliphatic rings. The second-order valence-electron chi connectivity index (χ2n) is 5.01. The lowest BCUT2D eigenvalue weighted by atomic mass is 9.76. The first-order valence-electron chi connectivity index (χ1n) is 6.14. The van der Waals surface area contributed by atoms with Gasteiger partial charge in [0.05, 0.1) is 11.1 Å². The van der Waals surface area contributed by atoms with Crippen LogP contribution in [0.4, 0.5) is 26.3 Å². The summed E-state index contributed by atoms with van der Waals surface area (Å²) in [5, 5.41) is 0. The van der Waals surface area contributed by atoms with Crippen LogP contribution in [0.5, 0.6) is 0 Å². The fourth-order valence-electron chi connectivity index (χ4n) is 2.33. The Kier molecular flexibility index (Phi) is 3.75. The molecule has 2 N–H and O–H groups in total. The lowest BCUT2D eigenvalue weighted by molar-refractivity contribution is -0.142. The van der Waals surface area contributed by atoms with E-state index in [1.54, 1.807) is 0 Å². The van der Waals surface area contributed by atoms with Crippen LogP contribution in [-0.2, 0) is 12.4 Å². The summed E-state index contributed by atoms with van der Waals surface area (Å²) in [5.41, 5.74) is 3.10. The minimum Gasteiger partial charge on any atom is -0.324 e. The third-order valence-corrected chi connectivity index (χ3v) is 3.70. The highest BCUT2D eigenvalue weighted by molar-refractivity contribution is 5.38. The van der Waals surface area contributed by atoms with Gasteiger partial charge in [-0.2, -0.15) is 26.3 Å². The van der Waals surface area contributed by atoms with Crippen molar-refractivity contribution in [3.05, 3.63) is 34.9 Å². The third kappa shape index (κ3) is 2.92. The van der Waals surface area contributed by atoms with Gasteiger partial charge < -0.3 is 5.73 Å². The molecule has 1 aliphatic carbocycles. The number of hydrogen-bond donors (Lipinski definition) is 1. The predicted molar refractivity (Wildman–Crippen MR) is 60.7 cm³/mol. The zero-order valence-electron chi connectivity index (χ0n) is 10.4. The monoisotopic (exact) mass is 297 g/mol. The molecule has 1 aromatic rings. The van der Waals surface area contributed by atoms with E-state index in [2.05, 4.69) is 0 Å². The molecule has 112 valence electrons. The van der Waals surface area contributed by atoms with Gasteiger partial charge in [0, 0.05) is 6.04 Å². The molecule has 0 unspecified atom stereocenters. The van der Waals surface area contributed by atoms with E-state index in [0.717, 1.165) is 6.42 Å². The van der Waals surface area contributed by atoms with E-state index in [9.17, 15) is 26.3 Å². The van der Waals surface area contributed by atoms with Crippen molar-refractivity contribution in [3.63, 3.8) is 0 Å². The number of benzene rings is 1. The normalized spacial score (nSPS) is 18.8. The highest BCUT2D eigenvalue weighted by atomic mass is 19.4. The van der Waals surface area contributed by atoms with Crippen molar-refractivity contribution >= 4 is 0 Å². The van der Waals surface area contributed by atoms with Gasteiger partial charge in [-0.05, 0) is 42.5 Å². The SMILES string of the molecule is N[C@H](c1cc(C(F)(F)F)ccc1C(F)(F)F)C1CCC1. The van der Waals surface area contributed by atoms with Crippen LogP contribution in [0, 0.1) is 5.92 Å². The molecule has 2 rings (SSSR count). The minimum absolute atomic E-state index is 0.181. The van der Waals surface area contributed by atoms with Crippen LogP contribution in [0.15, 0.2) is 18.2 Å². The molecular weight excluding hydrogens is 284 g/mol. The largest absolute Gasteiger partial charge is 0.416 e. The number of nitrogens with two attached hydrogens (primary N) is 1. The molecule has 0 aliphatic heterocycles. The van der Waals surface area contributed by atoms with Gasteiger partial charge in [-0.1, -0.05) is 6.42 Å². The quantitative estimate of drug-likeness (QED) is 0.798. The second kappa shape index (κ2) is 4.95. The Morgan fingerprint density at radius 2 is 1.60 bits per heavy atom. The van der Waals surface area contributed by atoms with Crippen molar-refractivity contribution in [2.45, 2.75) is 37.7 Å². The maximum atomic E-state index is 12.9. The van der Waals surface area contributed by atoms with E-state index in [1.165, 1.54) is 0 Å². The molecule has 0 bridgehead atoms. The van der Waals surface area contributed by atoms with Crippen molar-refractivity contribution in [2.24, 2.45) is 11.7 Å². The summed E-state index contributed by atoms with van der Waals surface area (Å²) in [5.74, 6) is -0.181. The van der Waals surface area contributed by atoms with Crippen molar-refractivity contribution in [2.75, 3.05) is 0 Å². The van der Waals surface area contributed by atoms with Gasteiger partial charge in [0.15, 0.2) is 0 Å². The van der Waals surface area contributed by atoms with Gasteiger partial charge in [0.1, 0.15) is 0 Å². The topological polar surface area (TPSA) is 26.0 Å². The van der Waals surface area contributed by atoms with Crippen LogP contribution in [0.25, 0.3) is 0 Å². The van der Waals surface area contributed by atoms with Crippen molar-refractivity contribution < 1.29 is 26.3 Å². The zero-order valence-corrected chi connectivity index (χ0v) is 10.4. The maximum absolute atomic E-state index is 12.9. The van der Waals surface area contributed by atoms with Crippen molar-refractivity contribution in [3.8, 4) is 0 Å². The Labute approximate surface area is 111 Å². The van der Waals surface area contributed by atoms with E-state index in [1.807, 2.05) is 0 Å². The molecule has 1 nitrogen and oxygen atoms in total. The van der Waals surface area contributed by atoms with E-state index in [0.29, 0.717) is 31.0 Å². The third-order valence-electron chi connectivity index (χ3n) is 3.70. The average molecular weight is 297 g/mol. The fraction of sp³-hybridized carbons (Fsp3) is 0.538.